The summed E-state index contributed by atoms with van der Waals surface area (Å²) in [4.78, 5) is 0. The predicted octanol–water partition coefficient (Wildman–Crippen LogP) is 2.67. The minimum absolute atomic E-state index is 0.0249. The molecule has 0 bridgehead atoms. The molecule has 0 amide bonds. The number of methoxy groups -OCH3 is 2. The van der Waals surface area contributed by atoms with Crippen molar-refractivity contribution in [2.75, 3.05) is 14.2 Å². The van der Waals surface area contributed by atoms with Crippen molar-refractivity contribution in [3.8, 4) is 11.8 Å². The van der Waals surface area contributed by atoms with Crippen LogP contribution in [0.25, 0.3) is 10.8 Å². The molecule has 0 aliphatic heterocycles. The van der Waals surface area contributed by atoms with Gasteiger partial charge in [-0.3, -0.25) is 0 Å². The van der Waals surface area contributed by atoms with Gasteiger partial charge >= 0.3 is 6.18 Å². The Morgan fingerprint density at radius 1 is 0.944 bits per heavy atom. The van der Waals surface area contributed by atoms with E-state index < -0.39 is 11.7 Å². The summed E-state index contributed by atoms with van der Waals surface area (Å²) in [5, 5.41) is 7.99. The summed E-state index contributed by atoms with van der Waals surface area (Å²) in [5.74, 6) is 0.177. The standard InChI is InChI=1S/C11H9F3N2O2/c1-17-9-7-4-3-6(11(12,13)14)5-8(7)10(18-2)16-15-9/h3-5H,1-2H3. The second kappa shape index (κ2) is 4.32. The van der Waals surface area contributed by atoms with E-state index in [2.05, 4.69) is 10.2 Å². The van der Waals surface area contributed by atoms with Crippen LogP contribution in [0.4, 0.5) is 13.2 Å². The van der Waals surface area contributed by atoms with Crippen LogP contribution in [0.15, 0.2) is 18.2 Å². The third-order valence-electron chi connectivity index (χ3n) is 2.43. The number of benzene rings is 1. The highest BCUT2D eigenvalue weighted by Gasteiger charge is 2.31. The fourth-order valence-electron chi connectivity index (χ4n) is 1.58. The number of ether oxygens (including phenoxy) is 2. The monoisotopic (exact) mass is 258 g/mol. The van der Waals surface area contributed by atoms with Gasteiger partial charge in [0, 0.05) is 0 Å². The van der Waals surface area contributed by atoms with E-state index in [4.69, 9.17) is 9.47 Å². The summed E-state index contributed by atoms with van der Waals surface area (Å²) in [7, 11) is 2.68. The molecule has 0 atom stereocenters. The van der Waals surface area contributed by atoms with Crippen LogP contribution in [-0.2, 0) is 6.18 Å². The first-order valence-corrected chi connectivity index (χ1v) is 4.93. The molecule has 1 aromatic carbocycles. The van der Waals surface area contributed by atoms with Crippen molar-refractivity contribution in [2.45, 2.75) is 6.18 Å². The van der Waals surface area contributed by atoms with E-state index in [0.29, 0.717) is 5.39 Å². The second-order valence-electron chi connectivity index (χ2n) is 3.48. The van der Waals surface area contributed by atoms with E-state index in [0.717, 1.165) is 12.1 Å². The first kappa shape index (κ1) is 12.4. The van der Waals surface area contributed by atoms with Gasteiger partial charge in [-0.25, -0.2) is 0 Å². The highest BCUT2D eigenvalue weighted by Crippen LogP contribution is 2.35. The summed E-state index contributed by atoms with van der Waals surface area (Å²) in [6, 6.07) is 3.21. The van der Waals surface area contributed by atoms with Gasteiger partial charge in [-0.15, -0.1) is 10.2 Å². The smallest absolute Gasteiger partial charge is 0.416 e. The third kappa shape index (κ3) is 2.03. The van der Waals surface area contributed by atoms with Gasteiger partial charge in [-0.1, -0.05) is 0 Å². The second-order valence-corrected chi connectivity index (χ2v) is 3.48. The average molecular weight is 258 g/mol. The van der Waals surface area contributed by atoms with Crippen molar-refractivity contribution < 1.29 is 22.6 Å². The molecule has 4 nitrogen and oxygen atoms in total. The maximum absolute atomic E-state index is 12.6. The van der Waals surface area contributed by atoms with Crippen molar-refractivity contribution >= 4 is 10.8 Å². The Balaban J connectivity index is 2.74. The Morgan fingerprint density at radius 2 is 1.50 bits per heavy atom. The van der Waals surface area contributed by atoms with Crippen molar-refractivity contribution in [3.05, 3.63) is 23.8 Å². The molecule has 0 radical (unpaired) electrons. The summed E-state index contributed by atoms with van der Waals surface area (Å²) < 4.78 is 47.7. The number of rotatable bonds is 2. The maximum Gasteiger partial charge on any atom is 0.416 e. The van der Waals surface area contributed by atoms with E-state index in [1.54, 1.807) is 0 Å². The molecule has 7 heteroatoms. The summed E-state index contributed by atoms with van der Waals surface area (Å²) in [5.41, 5.74) is -0.775. The Morgan fingerprint density at radius 3 is 2.00 bits per heavy atom. The van der Waals surface area contributed by atoms with E-state index in [1.807, 2.05) is 0 Å². The van der Waals surface area contributed by atoms with Crippen LogP contribution in [0.3, 0.4) is 0 Å². The Labute approximate surface area is 100 Å². The van der Waals surface area contributed by atoms with Crippen molar-refractivity contribution in [2.24, 2.45) is 0 Å². The molecule has 0 spiro atoms. The highest BCUT2D eigenvalue weighted by molar-refractivity contribution is 5.91. The van der Waals surface area contributed by atoms with E-state index in [9.17, 15) is 13.2 Å². The zero-order chi connectivity index (χ0) is 13.3. The topological polar surface area (TPSA) is 44.2 Å². The van der Waals surface area contributed by atoms with Crippen LogP contribution in [0.5, 0.6) is 11.8 Å². The molecule has 0 N–H and O–H groups in total. The number of hydrogen-bond donors (Lipinski definition) is 0. The van der Waals surface area contributed by atoms with Gasteiger partial charge < -0.3 is 9.47 Å². The number of fused-ring (bicyclic) bond motifs is 1. The van der Waals surface area contributed by atoms with Gasteiger partial charge in [0.15, 0.2) is 0 Å². The molecule has 0 saturated heterocycles. The van der Waals surface area contributed by atoms with Crippen LogP contribution in [0, 0.1) is 0 Å². The molecule has 2 rings (SSSR count). The van der Waals surface area contributed by atoms with Crippen LogP contribution in [0.1, 0.15) is 5.56 Å². The molecule has 1 heterocycles. The first-order valence-electron chi connectivity index (χ1n) is 4.93. The van der Waals surface area contributed by atoms with Crippen LogP contribution in [-0.4, -0.2) is 24.4 Å². The number of aromatic nitrogens is 2. The molecule has 0 unspecified atom stereocenters. The molecule has 2 aromatic rings. The zero-order valence-corrected chi connectivity index (χ0v) is 9.58. The molecule has 0 fully saturated rings. The number of alkyl halides is 3. The maximum atomic E-state index is 12.6. The molecular formula is C11H9F3N2O2. The highest BCUT2D eigenvalue weighted by atomic mass is 19.4. The number of nitrogens with zero attached hydrogens (tertiary/aromatic N) is 2. The largest absolute Gasteiger partial charge is 0.479 e. The summed E-state index contributed by atoms with van der Waals surface area (Å²) >= 11 is 0. The van der Waals surface area contributed by atoms with Gasteiger partial charge in [0.25, 0.3) is 0 Å². The third-order valence-corrected chi connectivity index (χ3v) is 2.43. The Bertz CT molecular complexity index is 584. The van der Waals surface area contributed by atoms with Crippen molar-refractivity contribution in [1.29, 1.82) is 0 Å². The van der Waals surface area contributed by atoms with E-state index in [1.165, 1.54) is 20.3 Å². The normalized spacial score (nSPS) is 11.6. The van der Waals surface area contributed by atoms with Crippen molar-refractivity contribution in [3.63, 3.8) is 0 Å². The lowest BCUT2D eigenvalue weighted by Crippen LogP contribution is -2.05. The minimum Gasteiger partial charge on any atom is -0.479 e. The van der Waals surface area contributed by atoms with Crippen LogP contribution in [0.2, 0.25) is 0 Å². The average Bonchev–Trinajstić information content (AvgIpc) is 2.35. The molecule has 0 saturated carbocycles. The molecule has 0 aliphatic carbocycles. The van der Waals surface area contributed by atoms with Crippen LogP contribution >= 0.6 is 0 Å². The fraction of sp³-hybridized carbons (Fsp3) is 0.273. The van der Waals surface area contributed by atoms with Gasteiger partial charge in [-0.05, 0) is 18.2 Å². The van der Waals surface area contributed by atoms with E-state index in [-0.39, 0.29) is 17.1 Å². The molecule has 18 heavy (non-hydrogen) atoms. The number of hydrogen-bond acceptors (Lipinski definition) is 4. The first-order chi connectivity index (χ1) is 8.47. The van der Waals surface area contributed by atoms with Crippen molar-refractivity contribution in [1.82, 2.24) is 10.2 Å². The minimum atomic E-state index is -4.42. The summed E-state index contributed by atoms with van der Waals surface area (Å²) in [6.45, 7) is 0. The molecule has 96 valence electrons. The van der Waals surface area contributed by atoms with Gasteiger partial charge in [0.05, 0.1) is 30.6 Å². The van der Waals surface area contributed by atoms with Crippen LogP contribution < -0.4 is 9.47 Å². The molecular weight excluding hydrogens is 249 g/mol. The fourth-order valence-corrected chi connectivity index (χ4v) is 1.58. The Hall–Kier alpha value is -2.05. The SMILES string of the molecule is COc1nnc(OC)c2cc(C(F)(F)F)ccc12. The molecule has 0 aliphatic rings. The Kier molecular flexibility index (Phi) is 2.98. The quantitative estimate of drug-likeness (QED) is 0.830. The van der Waals surface area contributed by atoms with Gasteiger partial charge in [0.2, 0.25) is 11.8 Å². The lowest BCUT2D eigenvalue weighted by molar-refractivity contribution is -0.137. The van der Waals surface area contributed by atoms with Gasteiger partial charge in [0.1, 0.15) is 0 Å². The predicted molar refractivity (Wildman–Crippen MR) is 57.6 cm³/mol. The lowest BCUT2D eigenvalue weighted by Gasteiger charge is -2.10. The number of halogens is 3. The lowest BCUT2D eigenvalue weighted by atomic mass is 10.1. The van der Waals surface area contributed by atoms with Gasteiger partial charge in [-0.2, -0.15) is 13.2 Å². The molecule has 1 aromatic heterocycles. The van der Waals surface area contributed by atoms with E-state index >= 15 is 0 Å². The zero-order valence-electron chi connectivity index (χ0n) is 9.58. The summed E-state index contributed by atoms with van der Waals surface area (Å²) in [6.07, 6.45) is -4.42.